The summed E-state index contributed by atoms with van der Waals surface area (Å²) in [7, 11) is -2.11. The van der Waals surface area contributed by atoms with Gasteiger partial charge in [-0.2, -0.15) is 0 Å². The molecular formula is C12H18N2O4S2. The van der Waals surface area contributed by atoms with Crippen molar-refractivity contribution in [3.63, 3.8) is 0 Å². The highest BCUT2D eigenvalue weighted by molar-refractivity contribution is 7.89. The third-order valence-corrected chi connectivity index (χ3v) is 5.67. The molecule has 2 unspecified atom stereocenters. The third kappa shape index (κ3) is 3.38. The zero-order valence-corrected chi connectivity index (χ0v) is 13.0. The van der Waals surface area contributed by atoms with Gasteiger partial charge < -0.3 is 10.1 Å². The van der Waals surface area contributed by atoms with Crippen molar-refractivity contribution in [3.05, 3.63) is 15.8 Å². The van der Waals surface area contributed by atoms with E-state index in [4.69, 9.17) is 9.88 Å². The van der Waals surface area contributed by atoms with Gasteiger partial charge in [-0.1, -0.05) is 0 Å². The van der Waals surface area contributed by atoms with Crippen molar-refractivity contribution in [3.8, 4) is 0 Å². The molecule has 1 saturated carbocycles. The van der Waals surface area contributed by atoms with Crippen molar-refractivity contribution in [1.82, 2.24) is 5.32 Å². The Labute approximate surface area is 122 Å². The van der Waals surface area contributed by atoms with E-state index >= 15 is 0 Å². The molecular weight excluding hydrogens is 300 g/mol. The smallest absolute Gasteiger partial charge is 0.261 e. The summed E-state index contributed by atoms with van der Waals surface area (Å²) in [6.07, 6.45) is 2.77. The predicted molar refractivity (Wildman–Crippen MR) is 76.3 cm³/mol. The van der Waals surface area contributed by atoms with Gasteiger partial charge in [0.2, 0.25) is 10.0 Å². The van der Waals surface area contributed by atoms with Gasteiger partial charge in [0.15, 0.2) is 0 Å². The van der Waals surface area contributed by atoms with Gasteiger partial charge in [-0.25, -0.2) is 13.6 Å². The Morgan fingerprint density at radius 1 is 1.50 bits per heavy atom. The summed E-state index contributed by atoms with van der Waals surface area (Å²) in [6.45, 7) is 1.64. The SMILES string of the molecule is COC1CCC(NC(=O)c2cc(S(N)(=O)=O)c(C)s2)C1. The maximum atomic E-state index is 12.1. The van der Waals surface area contributed by atoms with Crippen LogP contribution in [-0.2, 0) is 14.8 Å². The minimum Gasteiger partial charge on any atom is -0.381 e. The number of thiophene rings is 1. The second-order valence-electron chi connectivity index (χ2n) is 4.92. The molecule has 6 nitrogen and oxygen atoms in total. The fourth-order valence-corrected chi connectivity index (χ4v) is 4.45. The van der Waals surface area contributed by atoms with Crippen molar-refractivity contribution in [1.29, 1.82) is 0 Å². The number of methoxy groups -OCH3 is 1. The molecule has 20 heavy (non-hydrogen) atoms. The highest BCUT2D eigenvalue weighted by atomic mass is 32.2. The number of sulfonamides is 1. The molecule has 1 aliphatic rings. The lowest BCUT2D eigenvalue weighted by Crippen LogP contribution is -2.32. The van der Waals surface area contributed by atoms with Crippen LogP contribution in [0.5, 0.6) is 0 Å². The number of hydrogen-bond acceptors (Lipinski definition) is 5. The third-order valence-electron chi connectivity index (χ3n) is 3.46. The van der Waals surface area contributed by atoms with Gasteiger partial charge in [0.05, 0.1) is 15.9 Å². The van der Waals surface area contributed by atoms with Crippen molar-refractivity contribution in [2.24, 2.45) is 5.14 Å². The van der Waals surface area contributed by atoms with E-state index in [-0.39, 0.29) is 22.9 Å². The van der Waals surface area contributed by atoms with E-state index in [1.54, 1.807) is 14.0 Å². The molecule has 0 bridgehead atoms. The number of amides is 1. The van der Waals surface area contributed by atoms with Crippen LogP contribution >= 0.6 is 11.3 Å². The maximum Gasteiger partial charge on any atom is 0.261 e. The van der Waals surface area contributed by atoms with E-state index in [0.717, 1.165) is 30.6 Å². The predicted octanol–water partition coefficient (Wildman–Crippen LogP) is 1.00. The molecule has 0 spiro atoms. The first-order valence-corrected chi connectivity index (χ1v) is 8.64. The van der Waals surface area contributed by atoms with Crippen LogP contribution in [0.15, 0.2) is 11.0 Å². The average molecular weight is 318 g/mol. The first kappa shape index (κ1) is 15.4. The molecule has 0 aromatic carbocycles. The molecule has 112 valence electrons. The Kier molecular flexibility index (Phi) is 4.48. The van der Waals surface area contributed by atoms with Gasteiger partial charge in [0.25, 0.3) is 5.91 Å². The van der Waals surface area contributed by atoms with Crippen LogP contribution in [-0.4, -0.2) is 33.6 Å². The topological polar surface area (TPSA) is 98.5 Å². The van der Waals surface area contributed by atoms with E-state index in [1.807, 2.05) is 0 Å². The number of ether oxygens (including phenoxy) is 1. The Balaban J connectivity index is 2.07. The van der Waals surface area contributed by atoms with Crippen LogP contribution in [0.1, 0.15) is 33.8 Å². The van der Waals surface area contributed by atoms with Crippen molar-refractivity contribution in [2.75, 3.05) is 7.11 Å². The normalized spacial score (nSPS) is 22.9. The minimum absolute atomic E-state index is 0.0221. The van der Waals surface area contributed by atoms with Crippen LogP contribution in [0.2, 0.25) is 0 Å². The first-order chi connectivity index (χ1) is 9.31. The van der Waals surface area contributed by atoms with Crippen LogP contribution in [0, 0.1) is 6.92 Å². The summed E-state index contributed by atoms with van der Waals surface area (Å²) in [6, 6.07) is 1.42. The van der Waals surface area contributed by atoms with Crippen molar-refractivity contribution >= 4 is 27.3 Å². The van der Waals surface area contributed by atoms with Crippen molar-refractivity contribution < 1.29 is 17.9 Å². The largest absolute Gasteiger partial charge is 0.381 e. The minimum atomic E-state index is -3.78. The summed E-state index contributed by atoms with van der Waals surface area (Å²) in [5.41, 5.74) is 0. The summed E-state index contributed by atoms with van der Waals surface area (Å²) < 4.78 is 28.0. The Morgan fingerprint density at radius 2 is 2.20 bits per heavy atom. The second kappa shape index (κ2) is 5.80. The lowest BCUT2D eigenvalue weighted by Gasteiger charge is -2.11. The van der Waals surface area contributed by atoms with E-state index in [1.165, 1.54) is 6.07 Å². The molecule has 0 aliphatic heterocycles. The summed E-state index contributed by atoms with van der Waals surface area (Å²) in [5, 5.41) is 8.01. The Bertz CT molecular complexity index is 609. The molecule has 2 rings (SSSR count). The Hall–Kier alpha value is -0.960. The second-order valence-corrected chi connectivity index (χ2v) is 7.70. The summed E-state index contributed by atoms with van der Waals surface area (Å²) >= 11 is 1.14. The fourth-order valence-electron chi connectivity index (χ4n) is 2.40. The molecule has 1 aromatic heterocycles. The summed E-state index contributed by atoms with van der Waals surface area (Å²) in [4.78, 5) is 13.0. The number of nitrogens with two attached hydrogens (primary N) is 1. The zero-order valence-electron chi connectivity index (χ0n) is 11.4. The average Bonchev–Trinajstić information content (AvgIpc) is 2.94. The highest BCUT2D eigenvalue weighted by Gasteiger charge is 2.27. The lowest BCUT2D eigenvalue weighted by molar-refractivity contribution is 0.0918. The van der Waals surface area contributed by atoms with E-state index in [2.05, 4.69) is 5.32 Å². The van der Waals surface area contributed by atoms with Crippen LogP contribution in [0.4, 0.5) is 0 Å². The number of rotatable bonds is 4. The number of aryl methyl sites for hydroxylation is 1. The van der Waals surface area contributed by atoms with E-state index in [0.29, 0.717) is 9.75 Å². The number of hydrogen-bond donors (Lipinski definition) is 2. The molecule has 1 amide bonds. The van der Waals surface area contributed by atoms with Crippen LogP contribution in [0.3, 0.4) is 0 Å². The van der Waals surface area contributed by atoms with Gasteiger partial charge >= 0.3 is 0 Å². The molecule has 0 radical (unpaired) electrons. The first-order valence-electron chi connectivity index (χ1n) is 6.28. The summed E-state index contributed by atoms with van der Waals surface area (Å²) in [5.74, 6) is -0.255. The molecule has 8 heteroatoms. The van der Waals surface area contributed by atoms with E-state index < -0.39 is 10.0 Å². The van der Waals surface area contributed by atoms with Gasteiger partial charge in [-0.3, -0.25) is 4.79 Å². The highest BCUT2D eigenvalue weighted by Crippen LogP contribution is 2.26. The van der Waals surface area contributed by atoms with Gasteiger partial charge in [-0.15, -0.1) is 11.3 Å². The van der Waals surface area contributed by atoms with Gasteiger partial charge in [0.1, 0.15) is 0 Å². The Morgan fingerprint density at radius 3 is 2.70 bits per heavy atom. The quantitative estimate of drug-likeness (QED) is 0.865. The van der Waals surface area contributed by atoms with Gasteiger partial charge in [0, 0.05) is 18.0 Å². The van der Waals surface area contributed by atoms with Crippen molar-refractivity contribution in [2.45, 2.75) is 43.2 Å². The number of carbonyl (C=O) groups is 1. The molecule has 1 fully saturated rings. The molecule has 0 saturated heterocycles. The molecule has 2 atom stereocenters. The standard InChI is InChI=1S/C12H18N2O4S2/c1-7-11(20(13,16)17)6-10(19-7)12(15)14-8-3-4-9(5-8)18-2/h6,8-9H,3-5H2,1-2H3,(H,14,15)(H2,13,16,17). The fraction of sp³-hybridized carbons (Fsp3) is 0.583. The number of carbonyl (C=O) groups excluding carboxylic acids is 1. The zero-order chi connectivity index (χ0) is 14.9. The van der Waals surface area contributed by atoms with Crippen LogP contribution in [0.25, 0.3) is 0 Å². The molecule has 1 aromatic rings. The molecule has 1 aliphatic carbocycles. The van der Waals surface area contributed by atoms with E-state index in [9.17, 15) is 13.2 Å². The van der Waals surface area contributed by atoms with Crippen LogP contribution < -0.4 is 10.5 Å². The molecule has 3 N–H and O–H groups in total. The lowest BCUT2D eigenvalue weighted by atomic mass is 10.2. The number of primary sulfonamides is 1. The van der Waals surface area contributed by atoms with Gasteiger partial charge in [-0.05, 0) is 32.3 Å². The molecule has 1 heterocycles. The number of nitrogens with one attached hydrogen (secondary N) is 1. The maximum absolute atomic E-state index is 12.1. The monoisotopic (exact) mass is 318 g/mol.